The van der Waals surface area contributed by atoms with Gasteiger partial charge in [-0.2, -0.15) is 13.2 Å². The molecule has 0 aliphatic heterocycles. The van der Waals surface area contributed by atoms with E-state index in [0.29, 0.717) is 0 Å². The van der Waals surface area contributed by atoms with E-state index in [2.05, 4.69) is 4.74 Å². The highest BCUT2D eigenvalue weighted by molar-refractivity contribution is 8.02. The van der Waals surface area contributed by atoms with Gasteiger partial charge in [0.05, 0.1) is 6.61 Å². The Balaban J connectivity index is 5.45. The zero-order chi connectivity index (χ0) is 20.5. The van der Waals surface area contributed by atoms with Crippen molar-refractivity contribution in [1.82, 2.24) is 4.90 Å². The first-order chi connectivity index (χ1) is 11.8. The molecule has 0 aromatic rings. The molecule has 0 aromatic heterocycles. The predicted molar refractivity (Wildman–Crippen MR) is 94.5 cm³/mol. The number of hydrogen-bond acceptors (Lipinski definition) is 8. The third-order valence-electron chi connectivity index (χ3n) is 2.20. The molecular formula is C13H23F3NO6PS2. The second-order valence-corrected chi connectivity index (χ2v) is 10.5. The molecule has 1 amide bonds. The van der Waals surface area contributed by atoms with E-state index in [1.54, 1.807) is 27.7 Å². The molecule has 0 saturated carbocycles. The molecule has 0 N–H and O–H groups in total. The maximum Gasteiger partial charge on any atom is 0.471 e. The largest absolute Gasteiger partial charge is 0.471 e. The van der Waals surface area contributed by atoms with E-state index in [4.69, 9.17) is 7.94 Å². The Morgan fingerprint density at radius 1 is 1.08 bits per heavy atom. The van der Waals surface area contributed by atoms with Crippen LogP contribution in [0.3, 0.4) is 0 Å². The fourth-order valence-corrected chi connectivity index (χ4v) is 5.07. The van der Waals surface area contributed by atoms with Crippen LogP contribution in [0.5, 0.6) is 0 Å². The van der Waals surface area contributed by atoms with Gasteiger partial charge in [0.15, 0.2) is 0 Å². The first kappa shape index (κ1) is 25.6. The fourth-order valence-electron chi connectivity index (χ4n) is 1.30. The van der Waals surface area contributed by atoms with E-state index in [0.717, 1.165) is 24.1 Å². The van der Waals surface area contributed by atoms with Crippen LogP contribution in [0, 0.1) is 0 Å². The fraction of sp³-hybridized carbons (Fsp3) is 0.846. The highest BCUT2D eigenvalue weighted by Crippen LogP contribution is 2.56. The molecule has 0 fully saturated rings. The molecule has 0 spiro atoms. The molecule has 0 aliphatic carbocycles. The molecule has 0 bridgehead atoms. The molecule has 0 atom stereocenters. The smallest absolute Gasteiger partial charge is 0.465 e. The van der Waals surface area contributed by atoms with Crippen molar-refractivity contribution in [3.63, 3.8) is 0 Å². The summed E-state index contributed by atoms with van der Waals surface area (Å²) < 4.78 is 66.0. The summed E-state index contributed by atoms with van der Waals surface area (Å²) in [5.74, 6) is -3.40. The molecule has 0 aliphatic rings. The zero-order valence-electron chi connectivity index (χ0n) is 15.1. The van der Waals surface area contributed by atoms with E-state index in [9.17, 15) is 27.3 Å². The lowest BCUT2D eigenvalue weighted by molar-refractivity contribution is -0.186. The van der Waals surface area contributed by atoms with Crippen LogP contribution in [0.4, 0.5) is 13.2 Å². The Bertz CT molecular complexity index is 503. The summed E-state index contributed by atoms with van der Waals surface area (Å²) in [5, 5.41) is -0.319. The van der Waals surface area contributed by atoms with Gasteiger partial charge in [0.2, 0.25) is 0 Å². The van der Waals surface area contributed by atoms with Crippen LogP contribution >= 0.6 is 31.7 Å². The van der Waals surface area contributed by atoms with Crippen LogP contribution in [0.25, 0.3) is 0 Å². The number of hydrogen-bond donors (Lipinski definition) is 0. The third kappa shape index (κ3) is 10.7. The highest BCUT2D eigenvalue weighted by Gasteiger charge is 2.46. The van der Waals surface area contributed by atoms with Crippen molar-refractivity contribution in [3.8, 4) is 0 Å². The number of carbonyl (C=O) groups is 2. The summed E-state index contributed by atoms with van der Waals surface area (Å²) >= 11 is 1.49. The first-order valence-electron chi connectivity index (χ1n) is 7.61. The van der Waals surface area contributed by atoms with Crippen LogP contribution in [0.1, 0.15) is 34.6 Å². The highest BCUT2D eigenvalue weighted by atomic mass is 32.2. The monoisotopic (exact) mass is 441 g/mol. The van der Waals surface area contributed by atoms with Crippen LogP contribution < -0.4 is 0 Å². The second-order valence-electron chi connectivity index (χ2n) is 5.50. The topological polar surface area (TPSA) is 82.1 Å². The van der Waals surface area contributed by atoms with Gasteiger partial charge in [0.25, 0.3) is 0 Å². The van der Waals surface area contributed by atoms with Crippen molar-refractivity contribution < 1.29 is 40.0 Å². The quantitative estimate of drug-likeness (QED) is 0.268. The minimum atomic E-state index is -5.26. The lowest BCUT2D eigenvalue weighted by atomic mass is 10.5. The Kier molecular flexibility index (Phi) is 11.2. The number of esters is 1. The number of halogens is 3. The molecule has 154 valence electrons. The Morgan fingerprint density at radius 2 is 1.54 bits per heavy atom. The molecule has 0 saturated heterocycles. The Hall–Kier alpha value is -0.420. The summed E-state index contributed by atoms with van der Waals surface area (Å²) in [6, 6.07) is 0. The minimum Gasteiger partial charge on any atom is -0.465 e. The average molecular weight is 441 g/mol. The summed E-state index contributed by atoms with van der Waals surface area (Å²) in [5.41, 5.74) is 0. The van der Waals surface area contributed by atoms with E-state index < -0.39 is 38.5 Å². The van der Waals surface area contributed by atoms with E-state index >= 15 is 0 Å². The Labute approximate surface area is 159 Å². The molecular weight excluding hydrogens is 418 g/mol. The Morgan fingerprint density at radius 3 is 1.88 bits per heavy atom. The molecule has 0 heterocycles. The number of alkyl halides is 3. The molecule has 0 aromatic carbocycles. The van der Waals surface area contributed by atoms with Gasteiger partial charge in [-0.05, 0) is 6.92 Å². The first-order valence-corrected chi connectivity index (χ1v) is 11.0. The van der Waals surface area contributed by atoms with E-state index in [-0.39, 0.29) is 22.0 Å². The van der Waals surface area contributed by atoms with Crippen molar-refractivity contribution in [2.24, 2.45) is 0 Å². The maximum atomic E-state index is 12.8. The van der Waals surface area contributed by atoms with Gasteiger partial charge in [-0.25, -0.2) is 7.94 Å². The molecule has 7 nitrogen and oxygen atoms in total. The average Bonchev–Trinajstić information content (AvgIpc) is 2.49. The summed E-state index contributed by atoms with van der Waals surface area (Å²) in [6.45, 7) is 7.20. The molecule has 0 rings (SSSR count). The third-order valence-corrected chi connectivity index (χ3v) is 6.16. The van der Waals surface area contributed by atoms with Gasteiger partial charge in [-0.3, -0.25) is 14.2 Å². The number of amides is 1. The van der Waals surface area contributed by atoms with Gasteiger partial charge in [-0.1, -0.05) is 27.7 Å². The van der Waals surface area contributed by atoms with Crippen molar-refractivity contribution in [1.29, 1.82) is 0 Å². The zero-order valence-corrected chi connectivity index (χ0v) is 17.6. The number of rotatable bonds is 11. The summed E-state index contributed by atoms with van der Waals surface area (Å²) in [4.78, 5) is 23.2. The normalized spacial score (nSPS) is 12.5. The molecule has 0 unspecified atom stereocenters. The van der Waals surface area contributed by atoms with Crippen LogP contribution in [0.2, 0.25) is 0 Å². The second kappa shape index (κ2) is 11.4. The van der Waals surface area contributed by atoms with E-state index in [1.165, 1.54) is 6.92 Å². The summed E-state index contributed by atoms with van der Waals surface area (Å²) in [7, 11) is -4.16. The van der Waals surface area contributed by atoms with Gasteiger partial charge < -0.3 is 9.64 Å². The van der Waals surface area contributed by atoms with Crippen molar-refractivity contribution in [2.75, 3.05) is 19.4 Å². The van der Waals surface area contributed by atoms with Crippen molar-refractivity contribution in [3.05, 3.63) is 0 Å². The van der Waals surface area contributed by atoms with Gasteiger partial charge in [0.1, 0.15) is 12.8 Å². The van der Waals surface area contributed by atoms with Crippen molar-refractivity contribution >= 4 is 43.6 Å². The van der Waals surface area contributed by atoms with Gasteiger partial charge in [-0.15, -0.1) is 0 Å². The van der Waals surface area contributed by atoms with Crippen molar-refractivity contribution in [2.45, 2.75) is 51.3 Å². The molecule has 0 radical (unpaired) electrons. The van der Waals surface area contributed by atoms with Gasteiger partial charge >= 0.3 is 25.6 Å². The van der Waals surface area contributed by atoms with Crippen LogP contribution in [-0.4, -0.2) is 52.9 Å². The minimum absolute atomic E-state index is 0.0700. The SMILES string of the molecule is CCOC(=O)CN(CP(=O)(OSC(C)C)OSC(C)C)C(=O)C(F)(F)F. The standard InChI is InChI=1S/C13H23F3NO6PS2/c1-6-21-11(18)7-17(12(19)13(14,15)16)8-24(20,22-25-9(2)3)23-26-10(4)5/h9-10H,6-8H2,1-5H3. The number of ether oxygens (including phenoxy) is 1. The predicted octanol–water partition coefficient (Wildman–Crippen LogP) is 4.24. The maximum absolute atomic E-state index is 12.8. The number of nitrogens with zero attached hydrogens (tertiary/aromatic N) is 1. The number of carbonyl (C=O) groups excluding carboxylic acids is 2. The van der Waals surface area contributed by atoms with Gasteiger partial charge in [0, 0.05) is 34.6 Å². The summed E-state index contributed by atoms with van der Waals surface area (Å²) in [6.07, 6.45) is -6.29. The molecule has 26 heavy (non-hydrogen) atoms. The lowest BCUT2D eigenvalue weighted by Gasteiger charge is -2.26. The van der Waals surface area contributed by atoms with E-state index in [1.807, 2.05) is 0 Å². The van der Waals surface area contributed by atoms with Crippen LogP contribution in [0.15, 0.2) is 0 Å². The lowest BCUT2D eigenvalue weighted by Crippen LogP contribution is -2.44. The van der Waals surface area contributed by atoms with Crippen LogP contribution in [-0.2, 0) is 26.8 Å². The molecule has 13 heteroatoms.